The van der Waals surface area contributed by atoms with Crippen molar-refractivity contribution < 1.29 is 9.47 Å². The molecule has 0 bridgehead atoms. The van der Waals surface area contributed by atoms with Crippen molar-refractivity contribution in [1.29, 1.82) is 0 Å². The second kappa shape index (κ2) is 15.2. The lowest BCUT2D eigenvalue weighted by atomic mass is 10.1. The monoisotopic (exact) mass is 557 g/mol. The number of ether oxygens (including phenoxy) is 2. The molecular weight excluding hydrogens is 517 g/mol. The first-order chi connectivity index (χ1) is 14.9. The van der Waals surface area contributed by atoms with Gasteiger partial charge in [0, 0.05) is 31.9 Å². The minimum Gasteiger partial charge on any atom is -0.379 e. The average Bonchev–Trinajstić information content (AvgIpc) is 2.98. The van der Waals surface area contributed by atoms with Crippen LogP contribution in [-0.4, -0.2) is 48.1 Å². The Bertz CT molecular complexity index is 838. The number of nitrogens with one attached hydrogen (secondary N) is 2. The summed E-state index contributed by atoms with van der Waals surface area (Å²) in [7, 11) is 1.99. The third-order valence-corrected chi connectivity index (χ3v) is 5.15. The van der Waals surface area contributed by atoms with E-state index in [1.165, 1.54) is 11.3 Å². The van der Waals surface area contributed by atoms with E-state index in [-0.39, 0.29) is 30.0 Å². The standard InChI is InChI=1S/C24H39N5O2.HI/c1-7-25-24(27-18(3)14-23-19(4)28-29(6)20(23)5)26-16-21-10-9-11-22(15-21)17-31-13-12-30-8-2;/h9-11,15,18H,7-8,12-14,16-17H2,1-6H3,(H2,25,26,27);1H. The van der Waals surface area contributed by atoms with Gasteiger partial charge in [-0.25, -0.2) is 4.99 Å². The number of hydrogen-bond acceptors (Lipinski definition) is 4. The van der Waals surface area contributed by atoms with Crippen molar-refractivity contribution in [2.45, 2.75) is 60.2 Å². The molecule has 1 aromatic heterocycles. The van der Waals surface area contributed by atoms with Crippen LogP contribution in [0.4, 0.5) is 0 Å². The van der Waals surface area contributed by atoms with Gasteiger partial charge in [0.1, 0.15) is 0 Å². The first-order valence-corrected chi connectivity index (χ1v) is 11.2. The van der Waals surface area contributed by atoms with Crippen molar-refractivity contribution >= 4 is 29.9 Å². The summed E-state index contributed by atoms with van der Waals surface area (Å²) >= 11 is 0. The Hall–Kier alpha value is -1.65. The fourth-order valence-electron chi connectivity index (χ4n) is 3.46. The molecule has 0 amide bonds. The predicted octanol–water partition coefficient (Wildman–Crippen LogP) is 3.89. The molecule has 8 heteroatoms. The van der Waals surface area contributed by atoms with E-state index in [2.05, 4.69) is 67.7 Å². The van der Waals surface area contributed by atoms with E-state index in [1.807, 2.05) is 18.7 Å². The zero-order valence-electron chi connectivity index (χ0n) is 20.4. The lowest BCUT2D eigenvalue weighted by Gasteiger charge is -2.18. The van der Waals surface area contributed by atoms with E-state index in [9.17, 15) is 0 Å². The molecule has 0 saturated heterocycles. The molecule has 0 fully saturated rings. The van der Waals surface area contributed by atoms with Crippen molar-refractivity contribution in [3.05, 3.63) is 52.3 Å². The van der Waals surface area contributed by atoms with Crippen LogP contribution in [-0.2, 0) is 36.1 Å². The first kappa shape index (κ1) is 28.4. The molecule has 2 N–H and O–H groups in total. The predicted molar refractivity (Wildman–Crippen MR) is 142 cm³/mol. The molecule has 7 nitrogen and oxygen atoms in total. The quantitative estimate of drug-likeness (QED) is 0.179. The number of guanidine groups is 1. The average molecular weight is 558 g/mol. The van der Waals surface area contributed by atoms with Crippen LogP contribution in [0.2, 0.25) is 0 Å². The van der Waals surface area contributed by atoms with Gasteiger partial charge in [0.2, 0.25) is 0 Å². The van der Waals surface area contributed by atoms with E-state index in [0.29, 0.717) is 26.4 Å². The van der Waals surface area contributed by atoms with Crippen molar-refractivity contribution in [1.82, 2.24) is 20.4 Å². The Morgan fingerprint density at radius 3 is 2.53 bits per heavy atom. The molecule has 0 spiro atoms. The van der Waals surface area contributed by atoms with Crippen LogP contribution in [0, 0.1) is 13.8 Å². The van der Waals surface area contributed by atoms with Crippen LogP contribution in [0.25, 0.3) is 0 Å². The summed E-state index contributed by atoms with van der Waals surface area (Å²) in [5.74, 6) is 0.826. The summed E-state index contributed by atoms with van der Waals surface area (Å²) in [6.07, 6.45) is 0.907. The summed E-state index contributed by atoms with van der Waals surface area (Å²) < 4.78 is 12.9. The summed E-state index contributed by atoms with van der Waals surface area (Å²) in [5, 5.41) is 11.4. The highest BCUT2D eigenvalue weighted by Gasteiger charge is 2.14. The second-order valence-electron chi connectivity index (χ2n) is 7.79. The van der Waals surface area contributed by atoms with E-state index < -0.39 is 0 Å². The maximum atomic E-state index is 5.68. The van der Waals surface area contributed by atoms with Gasteiger partial charge in [-0.05, 0) is 57.7 Å². The van der Waals surface area contributed by atoms with Crippen LogP contribution < -0.4 is 10.6 Å². The molecule has 1 atom stereocenters. The number of aryl methyl sites for hydroxylation is 2. The summed E-state index contributed by atoms with van der Waals surface area (Å²) in [6, 6.07) is 8.63. The smallest absolute Gasteiger partial charge is 0.191 e. The normalized spacial score (nSPS) is 12.4. The Labute approximate surface area is 210 Å². The lowest BCUT2D eigenvalue weighted by Crippen LogP contribution is -2.43. The fourth-order valence-corrected chi connectivity index (χ4v) is 3.46. The number of nitrogens with zero attached hydrogens (tertiary/aromatic N) is 3. The van der Waals surface area contributed by atoms with E-state index in [0.717, 1.165) is 42.4 Å². The van der Waals surface area contributed by atoms with Gasteiger partial charge in [-0.15, -0.1) is 24.0 Å². The van der Waals surface area contributed by atoms with Crippen molar-refractivity contribution in [3.63, 3.8) is 0 Å². The Morgan fingerprint density at radius 2 is 1.88 bits per heavy atom. The molecule has 180 valence electrons. The van der Waals surface area contributed by atoms with Crippen LogP contribution in [0.3, 0.4) is 0 Å². The fraction of sp³-hybridized carbons (Fsp3) is 0.583. The van der Waals surface area contributed by atoms with Gasteiger partial charge in [0.25, 0.3) is 0 Å². The second-order valence-corrected chi connectivity index (χ2v) is 7.79. The summed E-state index contributed by atoms with van der Waals surface area (Å²) in [5.41, 5.74) is 5.92. The van der Waals surface area contributed by atoms with Crippen LogP contribution in [0.1, 0.15) is 48.8 Å². The number of aromatic nitrogens is 2. The van der Waals surface area contributed by atoms with Crippen molar-refractivity contribution in [2.75, 3.05) is 26.4 Å². The molecule has 1 heterocycles. The first-order valence-electron chi connectivity index (χ1n) is 11.2. The summed E-state index contributed by atoms with van der Waals surface area (Å²) in [6.45, 7) is 14.4. The number of aliphatic imine (C=N–C) groups is 1. The van der Waals surface area contributed by atoms with Gasteiger partial charge in [-0.2, -0.15) is 5.10 Å². The van der Waals surface area contributed by atoms with Gasteiger partial charge < -0.3 is 20.1 Å². The van der Waals surface area contributed by atoms with Gasteiger partial charge in [-0.1, -0.05) is 24.3 Å². The van der Waals surface area contributed by atoms with Gasteiger partial charge in [-0.3, -0.25) is 4.68 Å². The minimum atomic E-state index is 0. The van der Waals surface area contributed by atoms with Crippen LogP contribution in [0.15, 0.2) is 29.3 Å². The molecule has 2 aromatic rings. The van der Waals surface area contributed by atoms with Gasteiger partial charge in [0.05, 0.1) is 32.1 Å². The maximum Gasteiger partial charge on any atom is 0.191 e. The van der Waals surface area contributed by atoms with E-state index >= 15 is 0 Å². The SMILES string of the molecule is CCNC(=NCc1cccc(COCCOCC)c1)NC(C)Cc1c(C)nn(C)c1C.I. The molecule has 0 aliphatic carbocycles. The zero-order valence-corrected chi connectivity index (χ0v) is 22.7. The highest BCUT2D eigenvalue weighted by molar-refractivity contribution is 14.0. The third-order valence-electron chi connectivity index (χ3n) is 5.15. The zero-order chi connectivity index (χ0) is 22.6. The Balaban J connectivity index is 0.00000512. The molecular formula is C24H40IN5O2. The highest BCUT2D eigenvalue weighted by Crippen LogP contribution is 2.14. The maximum absolute atomic E-state index is 5.68. The minimum absolute atomic E-state index is 0. The lowest BCUT2D eigenvalue weighted by molar-refractivity contribution is 0.0453. The molecule has 2 rings (SSSR count). The van der Waals surface area contributed by atoms with E-state index in [4.69, 9.17) is 14.5 Å². The number of hydrogen-bond donors (Lipinski definition) is 2. The van der Waals surface area contributed by atoms with Crippen LogP contribution in [0.5, 0.6) is 0 Å². The number of halogens is 1. The molecule has 1 unspecified atom stereocenters. The molecule has 0 saturated carbocycles. The van der Waals surface area contributed by atoms with Gasteiger partial charge in [0.15, 0.2) is 5.96 Å². The van der Waals surface area contributed by atoms with Crippen LogP contribution >= 0.6 is 24.0 Å². The molecule has 0 aliphatic rings. The molecule has 32 heavy (non-hydrogen) atoms. The number of benzene rings is 1. The Morgan fingerprint density at radius 1 is 1.16 bits per heavy atom. The molecule has 0 radical (unpaired) electrons. The van der Waals surface area contributed by atoms with Crippen molar-refractivity contribution in [2.24, 2.45) is 12.0 Å². The summed E-state index contributed by atoms with van der Waals surface area (Å²) in [4.78, 5) is 4.79. The molecule has 0 aliphatic heterocycles. The Kier molecular flexibility index (Phi) is 13.5. The highest BCUT2D eigenvalue weighted by atomic mass is 127. The van der Waals surface area contributed by atoms with Gasteiger partial charge >= 0.3 is 0 Å². The van der Waals surface area contributed by atoms with E-state index in [1.54, 1.807) is 0 Å². The number of rotatable bonds is 12. The largest absolute Gasteiger partial charge is 0.379 e. The topological polar surface area (TPSA) is 72.7 Å². The third kappa shape index (κ3) is 9.46. The molecule has 1 aromatic carbocycles. The van der Waals surface area contributed by atoms with Crippen molar-refractivity contribution in [3.8, 4) is 0 Å².